The van der Waals surface area contributed by atoms with E-state index in [1.165, 1.54) is 0 Å². The van der Waals surface area contributed by atoms with E-state index >= 15 is 0 Å². The summed E-state index contributed by atoms with van der Waals surface area (Å²) in [6.07, 6.45) is 7.04. The molecule has 0 aliphatic heterocycles. The van der Waals surface area contributed by atoms with E-state index in [2.05, 4.69) is 5.32 Å². The van der Waals surface area contributed by atoms with E-state index in [0.717, 1.165) is 44.5 Å². The van der Waals surface area contributed by atoms with Gasteiger partial charge in [0.1, 0.15) is 0 Å². The third kappa shape index (κ3) is 9.86. The second-order valence-corrected chi connectivity index (χ2v) is 4.28. The molecular formula is C10H22N2OS. The molecule has 14 heavy (non-hydrogen) atoms. The second kappa shape index (κ2) is 10.9. The summed E-state index contributed by atoms with van der Waals surface area (Å²) in [5.74, 6) is 1.19. The van der Waals surface area contributed by atoms with E-state index in [4.69, 9.17) is 5.73 Å². The number of amides is 1. The molecule has 0 atom stereocenters. The van der Waals surface area contributed by atoms with Crippen molar-refractivity contribution < 1.29 is 4.79 Å². The normalized spacial score (nSPS) is 10.1. The van der Waals surface area contributed by atoms with Gasteiger partial charge in [0.25, 0.3) is 0 Å². The van der Waals surface area contributed by atoms with E-state index in [-0.39, 0.29) is 5.91 Å². The number of nitrogens with two attached hydrogens (primary N) is 1. The summed E-state index contributed by atoms with van der Waals surface area (Å²) < 4.78 is 0. The molecule has 0 radical (unpaired) electrons. The predicted molar refractivity (Wildman–Crippen MR) is 63.5 cm³/mol. The van der Waals surface area contributed by atoms with Gasteiger partial charge in [-0.2, -0.15) is 11.8 Å². The Labute approximate surface area is 91.2 Å². The van der Waals surface area contributed by atoms with Crippen molar-refractivity contribution in [2.75, 3.05) is 25.1 Å². The number of rotatable bonds is 9. The summed E-state index contributed by atoms with van der Waals surface area (Å²) in [6, 6.07) is 0. The number of carbonyl (C=O) groups excluding carboxylic acids is 1. The molecule has 0 unspecified atom stereocenters. The van der Waals surface area contributed by atoms with Gasteiger partial charge in [-0.25, -0.2) is 0 Å². The fourth-order valence-electron chi connectivity index (χ4n) is 1.16. The molecule has 0 bridgehead atoms. The van der Waals surface area contributed by atoms with Crippen molar-refractivity contribution in [2.24, 2.45) is 5.73 Å². The molecule has 0 aliphatic carbocycles. The van der Waals surface area contributed by atoms with Crippen LogP contribution in [0.2, 0.25) is 0 Å². The summed E-state index contributed by atoms with van der Waals surface area (Å²) in [5, 5.41) is 2.89. The number of thioether (sulfide) groups is 1. The monoisotopic (exact) mass is 218 g/mol. The van der Waals surface area contributed by atoms with Crippen LogP contribution in [0.4, 0.5) is 0 Å². The summed E-state index contributed by atoms with van der Waals surface area (Å²) in [7, 11) is 0. The largest absolute Gasteiger partial charge is 0.355 e. The molecule has 0 fully saturated rings. The molecule has 1 amide bonds. The third-order valence-electron chi connectivity index (χ3n) is 1.99. The van der Waals surface area contributed by atoms with E-state index in [1.54, 1.807) is 11.8 Å². The lowest BCUT2D eigenvalue weighted by atomic mass is 10.1. The minimum Gasteiger partial charge on any atom is -0.355 e. The fraction of sp³-hybridized carbons (Fsp3) is 0.900. The van der Waals surface area contributed by atoms with Gasteiger partial charge in [0, 0.05) is 18.7 Å². The maximum absolute atomic E-state index is 11.2. The summed E-state index contributed by atoms with van der Waals surface area (Å²) in [5.41, 5.74) is 5.37. The highest BCUT2D eigenvalue weighted by Gasteiger charge is 1.99. The lowest BCUT2D eigenvalue weighted by Crippen LogP contribution is -2.25. The first-order valence-electron chi connectivity index (χ1n) is 5.27. The van der Waals surface area contributed by atoms with Crippen LogP contribution in [0.1, 0.15) is 32.1 Å². The number of carbonyl (C=O) groups is 1. The van der Waals surface area contributed by atoms with Crippen molar-refractivity contribution in [1.82, 2.24) is 5.32 Å². The second-order valence-electron chi connectivity index (χ2n) is 3.30. The first kappa shape index (κ1) is 13.8. The molecule has 0 aliphatic rings. The molecule has 84 valence electrons. The standard InChI is InChI=1S/C10H22N2OS/c1-14-9-8-12-10(13)6-4-2-3-5-7-11/h2-9,11H2,1H3,(H,12,13). The van der Waals surface area contributed by atoms with E-state index in [1.807, 2.05) is 6.26 Å². The van der Waals surface area contributed by atoms with Crippen LogP contribution in [0, 0.1) is 0 Å². The zero-order valence-electron chi connectivity index (χ0n) is 9.05. The topological polar surface area (TPSA) is 55.1 Å². The molecule has 3 nitrogen and oxygen atoms in total. The highest BCUT2D eigenvalue weighted by Crippen LogP contribution is 2.01. The smallest absolute Gasteiger partial charge is 0.220 e. The van der Waals surface area contributed by atoms with Crippen molar-refractivity contribution in [2.45, 2.75) is 32.1 Å². The Morgan fingerprint density at radius 1 is 1.29 bits per heavy atom. The van der Waals surface area contributed by atoms with Gasteiger partial charge in [0.05, 0.1) is 0 Å². The number of unbranched alkanes of at least 4 members (excludes halogenated alkanes) is 3. The average molecular weight is 218 g/mol. The zero-order chi connectivity index (χ0) is 10.6. The lowest BCUT2D eigenvalue weighted by Gasteiger charge is -2.03. The van der Waals surface area contributed by atoms with Gasteiger partial charge in [-0.1, -0.05) is 12.8 Å². The molecule has 0 spiro atoms. The number of hydrogen-bond donors (Lipinski definition) is 2. The van der Waals surface area contributed by atoms with Crippen LogP contribution in [0.5, 0.6) is 0 Å². The zero-order valence-corrected chi connectivity index (χ0v) is 9.87. The predicted octanol–water partition coefficient (Wildman–Crippen LogP) is 1.37. The van der Waals surface area contributed by atoms with Crippen LogP contribution >= 0.6 is 11.8 Å². The van der Waals surface area contributed by atoms with Crippen LogP contribution in [-0.4, -0.2) is 31.0 Å². The van der Waals surface area contributed by atoms with Gasteiger partial charge in [0.15, 0.2) is 0 Å². The summed E-state index contributed by atoms with van der Waals surface area (Å²) in [4.78, 5) is 11.2. The molecule has 0 heterocycles. The molecule has 4 heteroatoms. The summed E-state index contributed by atoms with van der Waals surface area (Å²) >= 11 is 1.75. The Balaban J connectivity index is 3.10. The Morgan fingerprint density at radius 3 is 2.64 bits per heavy atom. The van der Waals surface area contributed by atoms with Crippen LogP contribution in [0.25, 0.3) is 0 Å². The van der Waals surface area contributed by atoms with Crippen LogP contribution in [-0.2, 0) is 4.79 Å². The van der Waals surface area contributed by atoms with E-state index in [9.17, 15) is 4.79 Å². The van der Waals surface area contributed by atoms with Crippen LogP contribution in [0.3, 0.4) is 0 Å². The van der Waals surface area contributed by atoms with Crippen LogP contribution < -0.4 is 11.1 Å². The Morgan fingerprint density at radius 2 is 2.00 bits per heavy atom. The first-order chi connectivity index (χ1) is 6.81. The molecule has 0 rings (SSSR count). The number of hydrogen-bond acceptors (Lipinski definition) is 3. The minimum atomic E-state index is 0.187. The van der Waals surface area contributed by atoms with Gasteiger partial charge >= 0.3 is 0 Å². The van der Waals surface area contributed by atoms with Gasteiger partial charge in [-0.3, -0.25) is 4.79 Å². The highest BCUT2D eigenvalue weighted by molar-refractivity contribution is 7.98. The molecule has 0 aromatic rings. The Hall–Kier alpha value is -0.220. The maximum Gasteiger partial charge on any atom is 0.220 e. The van der Waals surface area contributed by atoms with Gasteiger partial charge in [0.2, 0.25) is 5.91 Å². The summed E-state index contributed by atoms with van der Waals surface area (Å²) in [6.45, 7) is 1.56. The van der Waals surface area contributed by atoms with Crippen molar-refractivity contribution in [3.8, 4) is 0 Å². The fourth-order valence-corrected chi connectivity index (χ4v) is 1.47. The quantitative estimate of drug-likeness (QED) is 0.575. The molecule has 0 aromatic carbocycles. The average Bonchev–Trinajstić information content (AvgIpc) is 2.18. The van der Waals surface area contributed by atoms with Gasteiger partial charge in [-0.05, 0) is 25.6 Å². The van der Waals surface area contributed by atoms with Crippen molar-refractivity contribution >= 4 is 17.7 Å². The first-order valence-corrected chi connectivity index (χ1v) is 6.66. The molecule has 0 saturated carbocycles. The maximum atomic E-state index is 11.2. The molecular weight excluding hydrogens is 196 g/mol. The Kier molecular flexibility index (Phi) is 10.7. The van der Waals surface area contributed by atoms with Gasteiger partial charge in [-0.15, -0.1) is 0 Å². The van der Waals surface area contributed by atoms with Gasteiger partial charge < -0.3 is 11.1 Å². The molecule has 3 N–H and O–H groups in total. The lowest BCUT2D eigenvalue weighted by molar-refractivity contribution is -0.121. The van der Waals surface area contributed by atoms with Crippen LogP contribution in [0.15, 0.2) is 0 Å². The van der Waals surface area contributed by atoms with Crippen molar-refractivity contribution in [3.63, 3.8) is 0 Å². The minimum absolute atomic E-state index is 0.187. The molecule has 0 aromatic heterocycles. The van der Waals surface area contributed by atoms with E-state index < -0.39 is 0 Å². The van der Waals surface area contributed by atoms with Crippen molar-refractivity contribution in [1.29, 1.82) is 0 Å². The molecule has 0 saturated heterocycles. The number of nitrogens with one attached hydrogen (secondary N) is 1. The SMILES string of the molecule is CSCCNC(=O)CCCCCCN. The van der Waals surface area contributed by atoms with Crippen molar-refractivity contribution in [3.05, 3.63) is 0 Å². The Bertz CT molecular complexity index is 142. The third-order valence-corrected chi connectivity index (χ3v) is 2.60. The van der Waals surface area contributed by atoms with E-state index in [0.29, 0.717) is 6.42 Å². The highest BCUT2D eigenvalue weighted by atomic mass is 32.2.